The second kappa shape index (κ2) is 9.03. The first-order valence-electron chi connectivity index (χ1n) is 8.33. The predicted molar refractivity (Wildman–Crippen MR) is 95.7 cm³/mol. The van der Waals surface area contributed by atoms with E-state index in [-0.39, 0.29) is 12.3 Å². The van der Waals surface area contributed by atoms with Crippen molar-refractivity contribution in [2.75, 3.05) is 18.0 Å². The molecular formula is C19H25N3O2. The monoisotopic (exact) mass is 327 g/mol. The summed E-state index contributed by atoms with van der Waals surface area (Å²) in [5.41, 5.74) is 1.69. The third-order valence-corrected chi connectivity index (χ3v) is 3.95. The van der Waals surface area contributed by atoms with Gasteiger partial charge >= 0.3 is 0 Å². The number of carbonyl (C=O) groups excluding carboxylic acids is 1. The number of anilines is 1. The van der Waals surface area contributed by atoms with Crippen LogP contribution in [0.2, 0.25) is 0 Å². The van der Waals surface area contributed by atoms with Gasteiger partial charge in [-0.15, -0.1) is 0 Å². The number of aliphatic hydroxyl groups is 1. The topological polar surface area (TPSA) is 65.5 Å². The van der Waals surface area contributed by atoms with Crippen LogP contribution >= 0.6 is 0 Å². The summed E-state index contributed by atoms with van der Waals surface area (Å²) < 4.78 is 0. The van der Waals surface area contributed by atoms with Gasteiger partial charge in [0.1, 0.15) is 5.82 Å². The molecule has 0 aliphatic carbocycles. The average Bonchev–Trinajstić information content (AvgIpc) is 2.63. The van der Waals surface area contributed by atoms with E-state index < -0.39 is 6.10 Å². The number of hydrogen-bond donors (Lipinski definition) is 2. The van der Waals surface area contributed by atoms with Gasteiger partial charge in [-0.1, -0.05) is 36.4 Å². The second-order valence-corrected chi connectivity index (χ2v) is 5.60. The molecule has 5 heteroatoms. The highest BCUT2D eigenvalue weighted by molar-refractivity contribution is 5.76. The molecular weight excluding hydrogens is 302 g/mol. The number of aliphatic hydroxyl groups excluding tert-OH is 1. The zero-order valence-corrected chi connectivity index (χ0v) is 14.3. The van der Waals surface area contributed by atoms with E-state index in [2.05, 4.69) is 29.0 Å². The van der Waals surface area contributed by atoms with E-state index in [0.29, 0.717) is 6.54 Å². The Hall–Kier alpha value is -2.40. The Morgan fingerprint density at radius 1 is 1.17 bits per heavy atom. The number of nitrogens with zero attached hydrogens (tertiary/aromatic N) is 2. The van der Waals surface area contributed by atoms with E-state index in [1.807, 2.05) is 42.5 Å². The Bertz CT molecular complexity index is 625. The fourth-order valence-electron chi connectivity index (χ4n) is 2.50. The average molecular weight is 327 g/mol. The largest absolute Gasteiger partial charge is 0.388 e. The molecule has 1 aromatic carbocycles. The van der Waals surface area contributed by atoms with Crippen molar-refractivity contribution in [3.8, 4) is 0 Å². The SMILES string of the molecule is CCN(CC)c1ccc(CNC(=O)CC(O)c2ccccc2)cn1. The van der Waals surface area contributed by atoms with E-state index in [1.165, 1.54) is 0 Å². The summed E-state index contributed by atoms with van der Waals surface area (Å²) in [6.07, 6.45) is 1.05. The first-order chi connectivity index (χ1) is 11.6. The van der Waals surface area contributed by atoms with Crippen LogP contribution in [0.4, 0.5) is 5.82 Å². The molecule has 2 N–H and O–H groups in total. The van der Waals surface area contributed by atoms with Gasteiger partial charge in [0.25, 0.3) is 0 Å². The minimum atomic E-state index is -0.783. The Balaban J connectivity index is 1.83. The zero-order valence-electron chi connectivity index (χ0n) is 14.3. The molecule has 24 heavy (non-hydrogen) atoms. The van der Waals surface area contributed by atoms with Crippen LogP contribution in [0.5, 0.6) is 0 Å². The molecule has 1 atom stereocenters. The van der Waals surface area contributed by atoms with Crippen molar-refractivity contribution in [3.05, 3.63) is 59.8 Å². The van der Waals surface area contributed by atoms with Crippen molar-refractivity contribution in [2.24, 2.45) is 0 Å². The van der Waals surface area contributed by atoms with Gasteiger partial charge in [0, 0.05) is 25.8 Å². The summed E-state index contributed by atoms with van der Waals surface area (Å²) in [7, 11) is 0. The first kappa shape index (κ1) is 17.9. The van der Waals surface area contributed by atoms with E-state index in [9.17, 15) is 9.90 Å². The van der Waals surface area contributed by atoms with Crippen molar-refractivity contribution in [3.63, 3.8) is 0 Å². The Morgan fingerprint density at radius 2 is 1.88 bits per heavy atom. The van der Waals surface area contributed by atoms with E-state index in [4.69, 9.17) is 0 Å². The van der Waals surface area contributed by atoms with Gasteiger partial charge in [-0.05, 0) is 31.0 Å². The molecule has 0 fully saturated rings. The van der Waals surface area contributed by atoms with Gasteiger partial charge in [-0.3, -0.25) is 4.79 Å². The lowest BCUT2D eigenvalue weighted by Gasteiger charge is -2.19. The predicted octanol–water partition coefficient (Wildman–Crippen LogP) is 2.67. The summed E-state index contributed by atoms with van der Waals surface area (Å²) >= 11 is 0. The normalized spacial score (nSPS) is 11.8. The molecule has 0 aliphatic rings. The molecule has 1 amide bonds. The summed E-state index contributed by atoms with van der Waals surface area (Å²) in [5, 5.41) is 12.9. The molecule has 128 valence electrons. The Kier molecular flexibility index (Phi) is 6.75. The van der Waals surface area contributed by atoms with Crippen molar-refractivity contribution >= 4 is 11.7 Å². The van der Waals surface area contributed by atoms with Gasteiger partial charge in [-0.25, -0.2) is 4.98 Å². The fourth-order valence-corrected chi connectivity index (χ4v) is 2.50. The van der Waals surface area contributed by atoms with E-state index in [1.54, 1.807) is 6.20 Å². The van der Waals surface area contributed by atoms with E-state index >= 15 is 0 Å². The maximum absolute atomic E-state index is 12.0. The number of amides is 1. The highest BCUT2D eigenvalue weighted by Gasteiger charge is 2.12. The minimum Gasteiger partial charge on any atom is -0.388 e. The molecule has 0 saturated heterocycles. The standard InChI is InChI=1S/C19H25N3O2/c1-3-22(4-2)18-11-10-15(13-20-18)14-21-19(24)12-17(23)16-8-6-5-7-9-16/h5-11,13,17,23H,3-4,12,14H2,1-2H3,(H,21,24). The molecule has 0 spiro atoms. The van der Waals surface area contributed by atoms with Crippen LogP contribution in [0.1, 0.15) is 37.5 Å². The van der Waals surface area contributed by atoms with Crippen LogP contribution in [-0.2, 0) is 11.3 Å². The molecule has 2 rings (SSSR count). The number of benzene rings is 1. The Labute approximate surface area is 143 Å². The summed E-state index contributed by atoms with van der Waals surface area (Å²) in [4.78, 5) is 18.6. The third kappa shape index (κ3) is 5.06. The van der Waals surface area contributed by atoms with Crippen LogP contribution in [0.25, 0.3) is 0 Å². The number of hydrogen-bond acceptors (Lipinski definition) is 4. The van der Waals surface area contributed by atoms with Crippen LogP contribution < -0.4 is 10.2 Å². The van der Waals surface area contributed by atoms with Crippen molar-refractivity contribution in [1.29, 1.82) is 0 Å². The van der Waals surface area contributed by atoms with Gasteiger partial charge in [-0.2, -0.15) is 0 Å². The molecule has 0 bridgehead atoms. The second-order valence-electron chi connectivity index (χ2n) is 5.60. The molecule has 1 heterocycles. The maximum Gasteiger partial charge on any atom is 0.223 e. The maximum atomic E-state index is 12.0. The van der Waals surface area contributed by atoms with Crippen molar-refractivity contribution in [2.45, 2.75) is 32.9 Å². The molecule has 0 aliphatic heterocycles. The first-order valence-corrected chi connectivity index (χ1v) is 8.33. The van der Waals surface area contributed by atoms with Gasteiger partial charge in [0.05, 0.1) is 12.5 Å². The van der Waals surface area contributed by atoms with Crippen molar-refractivity contribution in [1.82, 2.24) is 10.3 Å². The van der Waals surface area contributed by atoms with Gasteiger partial charge in [0.15, 0.2) is 0 Å². The summed E-state index contributed by atoms with van der Waals surface area (Å²) in [5.74, 6) is 0.758. The van der Waals surface area contributed by atoms with Crippen LogP contribution in [0.3, 0.4) is 0 Å². The molecule has 2 aromatic rings. The van der Waals surface area contributed by atoms with E-state index in [0.717, 1.165) is 30.0 Å². The lowest BCUT2D eigenvalue weighted by molar-refractivity contribution is -0.123. The Morgan fingerprint density at radius 3 is 2.46 bits per heavy atom. The van der Waals surface area contributed by atoms with Gasteiger partial charge < -0.3 is 15.3 Å². The zero-order chi connectivity index (χ0) is 17.4. The lowest BCUT2D eigenvalue weighted by Crippen LogP contribution is -2.25. The smallest absolute Gasteiger partial charge is 0.223 e. The molecule has 0 radical (unpaired) electrons. The van der Waals surface area contributed by atoms with Crippen molar-refractivity contribution < 1.29 is 9.90 Å². The number of carbonyl (C=O) groups is 1. The number of rotatable bonds is 8. The third-order valence-electron chi connectivity index (χ3n) is 3.95. The highest BCUT2D eigenvalue weighted by atomic mass is 16.3. The van der Waals surface area contributed by atoms with Crippen LogP contribution in [-0.4, -0.2) is 29.1 Å². The number of aromatic nitrogens is 1. The molecule has 1 unspecified atom stereocenters. The van der Waals surface area contributed by atoms with Crippen LogP contribution in [0.15, 0.2) is 48.7 Å². The lowest BCUT2D eigenvalue weighted by atomic mass is 10.1. The molecule has 5 nitrogen and oxygen atoms in total. The molecule has 0 saturated carbocycles. The highest BCUT2D eigenvalue weighted by Crippen LogP contribution is 2.16. The summed E-state index contributed by atoms with van der Waals surface area (Å²) in [6.45, 7) is 6.43. The number of pyridine rings is 1. The van der Waals surface area contributed by atoms with Gasteiger partial charge in [0.2, 0.25) is 5.91 Å². The quantitative estimate of drug-likeness (QED) is 0.782. The summed E-state index contributed by atoms with van der Waals surface area (Å²) in [6, 6.07) is 13.1. The molecule has 1 aromatic heterocycles. The fraction of sp³-hybridized carbons (Fsp3) is 0.368. The van der Waals surface area contributed by atoms with Crippen LogP contribution in [0, 0.1) is 0 Å². The minimum absolute atomic E-state index is 0.0506. The number of nitrogens with one attached hydrogen (secondary N) is 1.